The lowest BCUT2D eigenvalue weighted by atomic mass is 9.78. The first-order valence-electron chi connectivity index (χ1n) is 9.47. The maximum atomic E-state index is 12.0. The summed E-state index contributed by atoms with van der Waals surface area (Å²) in [5, 5.41) is 16.2. The molecule has 0 aromatic carbocycles. The highest BCUT2D eigenvalue weighted by Gasteiger charge is 2.51. The maximum absolute atomic E-state index is 12.0. The Balaban J connectivity index is 1.67. The molecule has 2 bridgehead atoms. The summed E-state index contributed by atoms with van der Waals surface area (Å²) in [6, 6.07) is 5.86. The molecule has 2 unspecified atom stereocenters. The van der Waals surface area contributed by atoms with E-state index >= 15 is 0 Å². The molecule has 0 spiro atoms. The first-order chi connectivity index (χ1) is 11.8. The Kier molecular flexibility index (Phi) is 4.39. The molecule has 2 aromatic rings. The van der Waals surface area contributed by atoms with Crippen LogP contribution in [0.2, 0.25) is 0 Å². The lowest BCUT2D eigenvalue weighted by Crippen LogP contribution is -2.55. The molecule has 0 saturated carbocycles. The van der Waals surface area contributed by atoms with Gasteiger partial charge in [0.05, 0.1) is 26.2 Å². The zero-order valence-corrected chi connectivity index (χ0v) is 17.4. The van der Waals surface area contributed by atoms with Gasteiger partial charge in [-0.1, -0.05) is 0 Å². The third-order valence-corrected chi connectivity index (χ3v) is 9.32. The van der Waals surface area contributed by atoms with Crippen LogP contribution in [0.4, 0.5) is 0 Å². The third kappa shape index (κ3) is 2.82. The molecule has 136 valence electrons. The average molecular weight is 377 g/mol. The summed E-state index contributed by atoms with van der Waals surface area (Å²) >= 11 is 3.44. The van der Waals surface area contributed by atoms with Crippen molar-refractivity contribution in [1.82, 2.24) is 0 Å². The predicted molar refractivity (Wildman–Crippen MR) is 107 cm³/mol. The van der Waals surface area contributed by atoms with E-state index in [1.54, 1.807) is 22.7 Å². The van der Waals surface area contributed by atoms with Crippen molar-refractivity contribution in [2.75, 3.05) is 14.1 Å². The number of hydrogen-bond acceptors (Lipinski definition) is 3. The lowest BCUT2D eigenvalue weighted by molar-refractivity contribution is -0.931. The van der Waals surface area contributed by atoms with Gasteiger partial charge in [-0.05, 0) is 60.2 Å². The van der Waals surface area contributed by atoms with Gasteiger partial charge in [0.2, 0.25) is 0 Å². The van der Waals surface area contributed by atoms with Crippen molar-refractivity contribution in [1.29, 1.82) is 0 Å². The van der Waals surface area contributed by atoms with Gasteiger partial charge in [-0.2, -0.15) is 0 Å². The summed E-state index contributed by atoms with van der Waals surface area (Å²) in [7, 11) is 4.83. The van der Waals surface area contributed by atoms with Crippen LogP contribution in [0.25, 0.3) is 0 Å². The topological polar surface area (TPSA) is 20.2 Å². The second-order valence-corrected chi connectivity index (χ2v) is 10.6. The fourth-order valence-electron chi connectivity index (χ4n) is 5.46. The minimum atomic E-state index is -0.810. The van der Waals surface area contributed by atoms with E-state index in [1.807, 2.05) is 0 Å². The van der Waals surface area contributed by atoms with Crippen LogP contribution in [0.5, 0.6) is 0 Å². The lowest BCUT2D eigenvalue weighted by Gasteiger charge is -2.45. The second-order valence-electron chi connectivity index (χ2n) is 8.78. The second kappa shape index (κ2) is 6.19. The minimum Gasteiger partial charge on any atom is -0.379 e. The molecule has 2 saturated heterocycles. The van der Waals surface area contributed by atoms with Gasteiger partial charge in [0, 0.05) is 35.4 Å². The first-order valence-corrected chi connectivity index (χ1v) is 11.2. The van der Waals surface area contributed by atoms with Gasteiger partial charge in [0.15, 0.2) is 0 Å². The molecule has 2 nitrogen and oxygen atoms in total. The van der Waals surface area contributed by atoms with Gasteiger partial charge in [-0.3, -0.25) is 0 Å². The van der Waals surface area contributed by atoms with E-state index < -0.39 is 5.60 Å². The van der Waals surface area contributed by atoms with Gasteiger partial charge < -0.3 is 9.59 Å². The normalized spacial score (nSPS) is 28.4. The Morgan fingerprint density at radius 2 is 1.48 bits per heavy atom. The van der Waals surface area contributed by atoms with Crippen molar-refractivity contribution < 1.29 is 9.59 Å². The monoisotopic (exact) mass is 376 g/mol. The molecule has 1 N–H and O–H groups in total. The molecular formula is C21H30NOS2+. The van der Waals surface area contributed by atoms with Gasteiger partial charge in [0.1, 0.15) is 5.60 Å². The maximum Gasteiger partial charge on any atom is 0.134 e. The van der Waals surface area contributed by atoms with Crippen molar-refractivity contribution in [3.63, 3.8) is 0 Å². The molecular weight excluding hydrogens is 346 g/mol. The van der Waals surface area contributed by atoms with E-state index in [1.165, 1.54) is 41.3 Å². The largest absolute Gasteiger partial charge is 0.379 e. The number of quaternary nitrogens is 1. The van der Waals surface area contributed by atoms with Crippen LogP contribution in [0.1, 0.15) is 53.0 Å². The van der Waals surface area contributed by atoms with E-state index in [-0.39, 0.29) is 0 Å². The molecule has 0 amide bonds. The van der Waals surface area contributed by atoms with E-state index in [9.17, 15) is 5.11 Å². The molecule has 4 rings (SSSR count). The number of piperidine rings is 1. The summed E-state index contributed by atoms with van der Waals surface area (Å²) in [6.45, 7) is 4.29. The first kappa shape index (κ1) is 17.7. The highest BCUT2D eigenvalue weighted by Crippen LogP contribution is 2.49. The number of hydrogen-bond donors (Lipinski definition) is 1. The van der Waals surface area contributed by atoms with Crippen LogP contribution in [-0.4, -0.2) is 35.8 Å². The number of fused-ring (bicyclic) bond motifs is 2. The van der Waals surface area contributed by atoms with Crippen LogP contribution in [0, 0.1) is 19.8 Å². The molecule has 2 aliphatic rings. The van der Waals surface area contributed by atoms with E-state index in [0.29, 0.717) is 5.92 Å². The van der Waals surface area contributed by atoms with Crippen LogP contribution < -0.4 is 0 Å². The number of aryl methyl sites for hydroxylation is 2. The average Bonchev–Trinajstić information content (AvgIpc) is 3.18. The van der Waals surface area contributed by atoms with Crippen LogP contribution >= 0.6 is 22.7 Å². The van der Waals surface area contributed by atoms with E-state index in [4.69, 9.17) is 0 Å². The highest BCUT2D eigenvalue weighted by atomic mass is 32.1. The van der Waals surface area contributed by atoms with Crippen molar-refractivity contribution in [3.05, 3.63) is 43.8 Å². The highest BCUT2D eigenvalue weighted by molar-refractivity contribution is 7.12. The Morgan fingerprint density at radius 1 is 1.00 bits per heavy atom. The summed E-state index contributed by atoms with van der Waals surface area (Å²) in [4.78, 5) is 2.31. The fourth-order valence-corrected chi connectivity index (χ4v) is 7.61. The molecule has 0 aliphatic carbocycles. The number of nitrogens with zero attached hydrogens (tertiary/aromatic N) is 1. The van der Waals surface area contributed by atoms with Crippen molar-refractivity contribution >= 4 is 22.7 Å². The van der Waals surface area contributed by atoms with Crippen LogP contribution in [-0.2, 0) is 5.60 Å². The Bertz CT molecular complexity index is 703. The number of thiophene rings is 2. The zero-order chi connectivity index (χ0) is 17.8. The smallest absolute Gasteiger partial charge is 0.134 e. The summed E-state index contributed by atoms with van der Waals surface area (Å²) in [5.41, 5.74) is 1.65. The molecule has 25 heavy (non-hydrogen) atoms. The van der Waals surface area contributed by atoms with Crippen LogP contribution in [0.3, 0.4) is 0 Å². The fraction of sp³-hybridized carbons (Fsp3) is 0.619. The van der Waals surface area contributed by atoms with Crippen molar-refractivity contribution in [2.24, 2.45) is 5.92 Å². The standard InChI is InChI=1S/C21H30NOS2/c1-14-7-9-24-19(14)21(23,20-15(2)8-10-25-20)13-16-11-17-5-6-18(12-16)22(17,3)4/h7-10,16-18,23H,5-6,11-13H2,1-4H3/q+1. The Hall–Kier alpha value is -0.680. The summed E-state index contributed by atoms with van der Waals surface area (Å²) < 4.78 is 1.20. The van der Waals surface area contributed by atoms with Gasteiger partial charge in [-0.25, -0.2) is 0 Å². The zero-order valence-electron chi connectivity index (χ0n) is 15.8. The number of rotatable bonds is 4. The minimum absolute atomic E-state index is 0.622. The molecule has 4 heteroatoms. The molecule has 2 aliphatic heterocycles. The Morgan fingerprint density at radius 3 is 1.88 bits per heavy atom. The predicted octanol–water partition coefficient (Wildman–Crippen LogP) is 5.07. The van der Waals surface area contributed by atoms with Gasteiger partial charge in [0.25, 0.3) is 0 Å². The summed E-state index contributed by atoms with van der Waals surface area (Å²) in [5.74, 6) is 0.622. The van der Waals surface area contributed by atoms with E-state index in [2.05, 4.69) is 50.8 Å². The molecule has 2 aromatic heterocycles. The quantitative estimate of drug-likeness (QED) is 0.739. The van der Waals surface area contributed by atoms with Crippen molar-refractivity contribution in [2.45, 2.75) is 63.6 Å². The molecule has 2 atom stereocenters. The van der Waals surface area contributed by atoms with Gasteiger partial charge in [-0.15, -0.1) is 22.7 Å². The van der Waals surface area contributed by atoms with Crippen LogP contribution in [0.15, 0.2) is 22.9 Å². The van der Waals surface area contributed by atoms with E-state index in [0.717, 1.165) is 28.3 Å². The summed E-state index contributed by atoms with van der Waals surface area (Å²) in [6.07, 6.45) is 6.13. The number of aliphatic hydroxyl groups is 1. The third-order valence-electron chi connectivity index (χ3n) is 6.99. The van der Waals surface area contributed by atoms with Gasteiger partial charge >= 0.3 is 0 Å². The molecule has 4 heterocycles. The molecule has 2 fully saturated rings. The Labute approximate surface area is 159 Å². The SMILES string of the molecule is Cc1ccsc1C(O)(CC1CC2CCC(C1)[N+]2(C)C)c1sccc1C. The molecule has 0 radical (unpaired) electrons. The van der Waals surface area contributed by atoms with Crippen molar-refractivity contribution in [3.8, 4) is 0 Å².